The molecule has 0 unspecified atom stereocenters. The predicted octanol–water partition coefficient (Wildman–Crippen LogP) is 1.93. The van der Waals surface area contributed by atoms with Gasteiger partial charge in [-0.3, -0.25) is 10.1 Å². The first kappa shape index (κ1) is 14.2. The van der Waals surface area contributed by atoms with Gasteiger partial charge >= 0.3 is 6.03 Å². The number of carbonyl (C=O) groups excluding carboxylic acids is 2. The summed E-state index contributed by atoms with van der Waals surface area (Å²) in [4.78, 5) is 22.5. The Balaban J connectivity index is 2.41. The average molecular weight is 297 g/mol. The van der Waals surface area contributed by atoms with E-state index in [4.69, 9.17) is 21.1 Å². The molecule has 0 saturated carbocycles. The van der Waals surface area contributed by atoms with Gasteiger partial charge in [0.15, 0.2) is 11.5 Å². The molecule has 1 aliphatic rings. The van der Waals surface area contributed by atoms with E-state index in [1.54, 1.807) is 12.1 Å². The molecule has 106 valence electrons. The van der Waals surface area contributed by atoms with Gasteiger partial charge in [0, 0.05) is 6.07 Å². The maximum absolute atomic E-state index is 11.5. The molecule has 2 N–H and O–H groups in total. The van der Waals surface area contributed by atoms with Crippen molar-refractivity contribution in [3.05, 3.63) is 28.4 Å². The van der Waals surface area contributed by atoms with Crippen LogP contribution in [0.3, 0.4) is 0 Å². The van der Waals surface area contributed by atoms with Crippen LogP contribution in [0.15, 0.2) is 17.8 Å². The Labute approximate surface area is 120 Å². The second-order valence-corrected chi connectivity index (χ2v) is 4.33. The Morgan fingerprint density at radius 2 is 2.00 bits per heavy atom. The highest BCUT2D eigenvalue weighted by Gasteiger charge is 2.23. The van der Waals surface area contributed by atoms with Crippen LogP contribution in [0, 0.1) is 0 Å². The van der Waals surface area contributed by atoms with Crippen LogP contribution in [-0.4, -0.2) is 25.7 Å². The average Bonchev–Trinajstić information content (AvgIpc) is 2.71. The molecular weight excluding hydrogens is 284 g/mol. The summed E-state index contributed by atoms with van der Waals surface area (Å²) in [5.74, 6) is 0.509. The third-order valence-electron chi connectivity index (χ3n) is 2.60. The highest BCUT2D eigenvalue weighted by molar-refractivity contribution is 6.32. The number of carbonyl (C=O) groups is 2. The minimum atomic E-state index is -0.559. The van der Waals surface area contributed by atoms with Crippen molar-refractivity contribution in [1.29, 1.82) is 0 Å². The molecule has 1 heterocycles. The topological polar surface area (TPSA) is 76.7 Å². The van der Waals surface area contributed by atoms with E-state index in [0.29, 0.717) is 28.7 Å². The Morgan fingerprint density at radius 1 is 1.25 bits per heavy atom. The molecule has 2 rings (SSSR count). The maximum Gasteiger partial charge on any atom is 0.326 e. The molecule has 1 fully saturated rings. The fourth-order valence-corrected chi connectivity index (χ4v) is 1.94. The Kier molecular flexibility index (Phi) is 4.14. The van der Waals surface area contributed by atoms with Gasteiger partial charge in [-0.1, -0.05) is 11.6 Å². The van der Waals surface area contributed by atoms with Crippen molar-refractivity contribution in [3.63, 3.8) is 0 Å². The number of amides is 3. The molecule has 1 aromatic rings. The monoisotopic (exact) mass is 296 g/mol. The largest absolute Gasteiger partial charge is 0.493 e. The minimum Gasteiger partial charge on any atom is -0.493 e. The van der Waals surface area contributed by atoms with E-state index in [9.17, 15) is 9.59 Å². The van der Waals surface area contributed by atoms with Gasteiger partial charge in [-0.15, -0.1) is 0 Å². The van der Waals surface area contributed by atoms with Crippen LogP contribution in [0.4, 0.5) is 4.79 Å². The van der Waals surface area contributed by atoms with E-state index >= 15 is 0 Å². The normalized spacial score (nSPS) is 16.1. The second kappa shape index (κ2) is 5.83. The summed E-state index contributed by atoms with van der Waals surface area (Å²) in [5, 5.41) is 4.88. The molecule has 0 radical (unpaired) electrons. The number of rotatable bonds is 4. The maximum atomic E-state index is 11.5. The van der Waals surface area contributed by atoms with Crippen LogP contribution in [0.2, 0.25) is 5.02 Å². The molecule has 1 saturated heterocycles. The lowest BCUT2D eigenvalue weighted by Crippen LogP contribution is -2.22. The molecule has 0 bridgehead atoms. The van der Waals surface area contributed by atoms with Crippen molar-refractivity contribution in [1.82, 2.24) is 10.6 Å². The lowest BCUT2D eigenvalue weighted by atomic mass is 10.1. The van der Waals surface area contributed by atoms with Gasteiger partial charge in [0.25, 0.3) is 5.91 Å². The van der Waals surface area contributed by atoms with Gasteiger partial charge in [-0.25, -0.2) is 4.79 Å². The first-order valence-corrected chi connectivity index (χ1v) is 6.27. The zero-order chi connectivity index (χ0) is 14.7. The van der Waals surface area contributed by atoms with Crippen molar-refractivity contribution in [3.8, 4) is 11.5 Å². The molecule has 0 atom stereocenters. The molecular formula is C13H13ClN2O4. The summed E-state index contributed by atoms with van der Waals surface area (Å²) < 4.78 is 10.6. The minimum absolute atomic E-state index is 0.129. The van der Waals surface area contributed by atoms with Crippen LogP contribution in [0.25, 0.3) is 6.08 Å². The first-order chi connectivity index (χ1) is 9.55. The van der Waals surface area contributed by atoms with Crippen LogP contribution in [0.5, 0.6) is 11.5 Å². The molecule has 1 aliphatic heterocycles. The van der Waals surface area contributed by atoms with Crippen molar-refractivity contribution in [2.75, 3.05) is 13.7 Å². The van der Waals surface area contributed by atoms with E-state index in [2.05, 4.69) is 10.6 Å². The zero-order valence-corrected chi connectivity index (χ0v) is 11.7. The summed E-state index contributed by atoms with van der Waals surface area (Å²) in [5.41, 5.74) is 0.674. The number of urea groups is 1. The molecule has 6 nitrogen and oxygen atoms in total. The smallest absolute Gasteiger partial charge is 0.326 e. The van der Waals surface area contributed by atoms with Crippen molar-refractivity contribution < 1.29 is 19.1 Å². The third-order valence-corrected chi connectivity index (χ3v) is 2.93. The predicted molar refractivity (Wildman–Crippen MR) is 73.8 cm³/mol. The highest BCUT2D eigenvalue weighted by Crippen LogP contribution is 2.34. The molecule has 0 spiro atoms. The van der Waals surface area contributed by atoms with Gasteiger partial charge in [-0.05, 0) is 24.6 Å². The number of halogens is 1. The van der Waals surface area contributed by atoms with Crippen LogP contribution >= 0.6 is 11.6 Å². The van der Waals surface area contributed by atoms with Crippen LogP contribution in [0.1, 0.15) is 12.5 Å². The van der Waals surface area contributed by atoms with Crippen molar-refractivity contribution in [2.24, 2.45) is 0 Å². The Hall–Kier alpha value is -2.21. The van der Waals surface area contributed by atoms with E-state index in [1.807, 2.05) is 6.92 Å². The number of hydrogen-bond donors (Lipinski definition) is 2. The summed E-state index contributed by atoms with van der Waals surface area (Å²) >= 11 is 6.12. The van der Waals surface area contributed by atoms with Gasteiger partial charge in [0.1, 0.15) is 5.70 Å². The Bertz CT molecular complexity index is 598. The molecule has 7 heteroatoms. The lowest BCUT2D eigenvalue weighted by Gasteiger charge is -2.11. The van der Waals surface area contributed by atoms with Gasteiger partial charge in [0.05, 0.1) is 18.7 Å². The Morgan fingerprint density at radius 3 is 2.55 bits per heavy atom. The number of imide groups is 1. The van der Waals surface area contributed by atoms with Gasteiger partial charge in [-0.2, -0.15) is 0 Å². The van der Waals surface area contributed by atoms with E-state index < -0.39 is 11.9 Å². The SMILES string of the molecule is CCOc1cc(/C=C2/NC(=O)NC2=O)c(Cl)cc1OC. The summed E-state index contributed by atoms with van der Waals surface area (Å²) in [7, 11) is 1.51. The van der Waals surface area contributed by atoms with Crippen molar-refractivity contribution in [2.45, 2.75) is 6.92 Å². The molecule has 3 amide bonds. The van der Waals surface area contributed by atoms with Crippen LogP contribution < -0.4 is 20.1 Å². The summed E-state index contributed by atoms with van der Waals surface area (Å²) in [6, 6.07) is 2.68. The quantitative estimate of drug-likeness (QED) is 0.657. The van der Waals surface area contributed by atoms with E-state index in [-0.39, 0.29) is 5.70 Å². The second-order valence-electron chi connectivity index (χ2n) is 3.92. The number of ether oxygens (including phenoxy) is 2. The van der Waals surface area contributed by atoms with Crippen LogP contribution in [-0.2, 0) is 4.79 Å². The molecule has 20 heavy (non-hydrogen) atoms. The molecule has 1 aromatic carbocycles. The molecule has 0 aromatic heterocycles. The zero-order valence-electron chi connectivity index (χ0n) is 11.0. The summed E-state index contributed by atoms with van der Waals surface area (Å²) in [6.07, 6.45) is 1.48. The first-order valence-electron chi connectivity index (χ1n) is 5.89. The van der Waals surface area contributed by atoms with Gasteiger partial charge in [0.2, 0.25) is 0 Å². The number of nitrogens with one attached hydrogen (secondary N) is 2. The standard InChI is InChI=1S/C13H13ClN2O4/c1-3-20-11-5-7(8(14)6-10(11)19-2)4-9-12(17)16-13(18)15-9/h4-6H,3H2,1-2H3,(H2,15,16,17,18)/b9-4+. The third kappa shape index (κ3) is 2.85. The van der Waals surface area contributed by atoms with E-state index in [0.717, 1.165) is 0 Å². The van der Waals surface area contributed by atoms with Crippen molar-refractivity contribution >= 4 is 29.6 Å². The van der Waals surface area contributed by atoms with E-state index in [1.165, 1.54) is 13.2 Å². The number of hydrogen-bond acceptors (Lipinski definition) is 4. The fraction of sp³-hybridized carbons (Fsp3) is 0.231. The fourth-order valence-electron chi connectivity index (χ4n) is 1.73. The molecule has 0 aliphatic carbocycles. The lowest BCUT2D eigenvalue weighted by molar-refractivity contribution is -0.115. The number of methoxy groups -OCH3 is 1. The van der Waals surface area contributed by atoms with Gasteiger partial charge < -0.3 is 14.8 Å². The summed E-state index contributed by atoms with van der Waals surface area (Å²) in [6.45, 7) is 2.31. The number of benzene rings is 1. The highest BCUT2D eigenvalue weighted by atomic mass is 35.5.